The first-order chi connectivity index (χ1) is 6.53. The second kappa shape index (κ2) is 4.94. The van der Waals surface area contributed by atoms with E-state index in [4.69, 9.17) is 0 Å². The van der Waals surface area contributed by atoms with Crippen molar-refractivity contribution in [2.45, 2.75) is 32.4 Å². The summed E-state index contributed by atoms with van der Waals surface area (Å²) in [4.78, 5) is 0. The molecular weight excluding hydrogens is 242 g/mol. The van der Waals surface area contributed by atoms with Gasteiger partial charge in [-0.1, -0.05) is 15.9 Å². The maximum Gasteiger partial charge on any atom is 0.0762 e. The van der Waals surface area contributed by atoms with Gasteiger partial charge in [0.25, 0.3) is 0 Å². The van der Waals surface area contributed by atoms with Crippen molar-refractivity contribution in [2.24, 2.45) is 7.05 Å². The van der Waals surface area contributed by atoms with Crippen molar-refractivity contribution >= 4 is 15.9 Å². The Hall–Kier alpha value is -0.350. The molecule has 0 spiro atoms. The molecule has 0 aliphatic rings. The lowest BCUT2D eigenvalue weighted by molar-refractivity contribution is 0.375. The number of alkyl halides is 1. The first-order valence-corrected chi connectivity index (χ1v) is 5.95. The highest BCUT2D eigenvalue weighted by Crippen LogP contribution is 2.10. The number of hydrogen-bond acceptors (Lipinski definition) is 2. The molecule has 1 aromatic rings. The minimum Gasteiger partial charge on any atom is -0.306 e. The van der Waals surface area contributed by atoms with Crippen LogP contribution in [0.2, 0.25) is 0 Å². The van der Waals surface area contributed by atoms with Gasteiger partial charge in [0.05, 0.1) is 5.69 Å². The third-order valence-electron chi connectivity index (χ3n) is 2.24. The number of halogens is 1. The van der Waals surface area contributed by atoms with Crippen LogP contribution in [0.5, 0.6) is 0 Å². The fraction of sp³-hybridized carbons (Fsp3) is 0.700. The molecule has 0 aliphatic heterocycles. The Morgan fingerprint density at radius 1 is 1.57 bits per heavy atom. The number of nitrogens with zero attached hydrogens (tertiary/aromatic N) is 2. The van der Waals surface area contributed by atoms with Crippen molar-refractivity contribution in [3.05, 3.63) is 18.0 Å². The van der Waals surface area contributed by atoms with Gasteiger partial charge in [0.15, 0.2) is 0 Å². The predicted molar refractivity (Wildman–Crippen MR) is 62.5 cm³/mol. The van der Waals surface area contributed by atoms with E-state index in [2.05, 4.69) is 40.2 Å². The zero-order valence-electron chi connectivity index (χ0n) is 9.05. The highest BCUT2D eigenvalue weighted by molar-refractivity contribution is 9.09. The molecule has 1 N–H and O–H groups in total. The summed E-state index contributed by atoms with van der Waals surface area (Å²) in [5, 5.41) is 8.82. The molecule has 14 heavy (non-hydrogen) atoms. The van der Waals surface area contributed by atoms with Gasteiger partial charge in [-0.3, -0.25) is 4.68 Å². The van der Waals surface area contributed by atoms with Gasteiger partial charge in [0, 0.05) is 30.7 Å². The number of aryl methyl sites for hydroxylation is 1. The fourth-order valence-corrected chi connectivity index (χ4v) is 2.20. The second-order valence-corrected chi connectivity index (χ2v) is 4.95. The number of aromatic nitrogens is 2. The summed E-state index contributed by atoms with van der Waals surface area (Å²) < 4.78 is 1.83. The molecule has 0 unspecified atom stereocenters. The van der Waals surface area contributed by atoms with Crippen molar-refractivity contribution < 1.29 is 0 Å². The van der Waals surface area contributed by atoms with E-state index in [1.807, 2.05) is 24.0 Å². The summed E-state index contributed by atoms with van der Waals surface area (Å²) >= 11 is 3.46. The largest absolute Gasteiger partial charge is 0.306 e. The van der Waals surface area contributed by atoms with E-state index in [1.165, 1.54) is 0 Å². The Bertz CT molecular complexity index is 281. The summed E-state index contributed by atoms with van der Waals surface area (Å²) in [5.74, 6) is 0. The van der Waals surface area contributed by atoms with Crippen molar-refractivity contribution in [2.75, 3.05) is 5.33 Å². The average molecular weight is 260 g/mol. The van der Waals surface area contributed by atoms with Crippen LogP contribution < -0.4 is 5.32 Å². The summed E-state index contributed by atoms with van der Waals surface area (Å²) in [6, 6.07) is 2.04. The predicted octanol–water partition coefficient (Wildman–Crippen LogP) is 2.07. The Labute approximate surface area is 94.0 Å². The molecule has 0 bridgehead atoms. The molecule has 0 atom stereocenters. The van der Waals surface area contributed by atoms with Crippen LogP contribution in [0.1, 0.15) is 26.0 Å². The van der Waals surface area contributed by atoms with Gasteiger partial charge in [-0.15, -0.1) is 0 Å². The van der Waals surface area contributed by atoms with Crippen LogP contribution in [0.3, 0.4) is 0 Å². The molecule has 0 saturated carbocycles. The van der Waals surface area contributed by atoms with E-state index in [0.29, 0.717) is 0 Å². The van der Waals surface area contributed by atoms with E-state index < -0.39 is 0 Å². The van der Waals surface area contributed by atoms with Crippen LogP contribution in [-0.4, -0.2) is 20.6 Å². The average Bonchev–Trinajstić information content (AvgIpc) is 2.48. The lowest BCUT2D eigenvalue weighted by Crippen LogP contribution is -2.39. The lowest BCUT2D eigenvalue weighted by Gasteiger charge is -2.24. The zero-order valence-corrected chi connectivity index (χ0v) is 10.6. The summed E-state index contributed by atoms with van der Waals surface area (Å²) in [5.41, 5.74) is 1.26. The van der Waals surface area contributed by atoms with Crippen LogP contribution in [0.4, 0.5) is 0 Å². The van der Waals surface area contributed by atoms with Gasteiger partial charge in [0.2, 0.25) is 0 Å². The lowest BCUT2D eigenvalue weighted by atomic mass is 10.0. The van der Waals surface area contributed by atoms with Crippen LogP contribution in [0.15, 0.2) is 12.3 Å². The third-order valence-corrected chi connectivity index (χ3v) is 2.63. The molecule has 0 saturated heterocycles. The number of hydrogen-bond donors (Lipinski definition) is 1. The van der Waals surface area contributed by atoms with Gasteiger partial charge in [-0.2, -0.15) is 5.10 Å². The highest BCUT2D eigenvalue weighted by atomic mass is 79.9. The zero-order chi connectivity index (χ0) is 10.6. The smallest absolute Gasteiger partial charge is 0.0762 e. The highest BCUT2D eigenvalue weighted by Gasteiger charge is 2.15. The summed E-state index contributed by atoms with van der Waals surface area (Å²) in [7, 11) is 1.94. The molecule has 1 aromatic heterocycles. The van der Waals surface area contributed by atoms with E-state index >= 15 is 0 Å². The monoisotopic (exact) mass is 259 g/mol. The van der Waals surface area contributed by atoms with Gasteiger partial charge < -0.3 is 5.32 Å². The van der Waals surface area contributed by atoms with E-state index in [9.17, 15) is 0 Å². The molecular formula is C10H18BrN3. The topological polar surface area (TPSA) is 29.9 Å². The van der Waals surface area contributed by atoms with Gasteiger partial charge >= 0.3 is 0 Å². The van der Waals surface area contributed by atoms with Crippen molar-refractivity contribution in [1.29, 1.82) is 0 Å². The van der Waals surface area contributed by atoms with Crippen molar-refractivity contribution in [1.82, 2.24) is 15.1 Å². The Morgan fingerprint density at radius 2 is 2.29 bits per heavy atom. The molecule has 1 rings (SSSR count). The van der Waals surface area contributed by atoms with Crippen LogP contribution in [-0.2, 0) is 13.6 Å². The second-order valence-electron chi connectivity index (χ2n) is 4.16. The Balaban J connectivity index is 2.40. The van der Waals surface area contributed by atoms with Crippen molar-refractivity contribution in [3.63, 3.8) is 0 Å². The Kier molecular flexibility index (Phi) is 4.13. The molecule has 0 aliphatic carbocycles. The van der Waals surface area contributed by atoms with Gasteiger partial charge in [0.1, 0.15) is 0 Å². The minimum absolute atomic E-state index is 0.168. The maximum atomic E-state index is 4.32. The quantitative estimate of drug-likeness (QED) is 0.821. The van der Waals surface area contributed by atoms with E-state index in [1.54, 1.807) is 0 Å². The van der Waals surface area contributed by atoms with E-state index in [-0.39, 0.29) is 5.54 Å². The molecule has 80 valence electrons. The van der Waals surface area contributed by atoms with Crippen molar-refractivity contribution in [3.8, 4) is 0 Å². The normalized spacial score (nSPS) is 12.0. The third kappa shape index (κ3) is 3.80. The van der Waals surface area contributed by atoms with Crippen LogP contribution >= 0.6 is 15.9 Å². The van der Waals surface area contributed by atoms with Crippen LogP contribution in [0, 0.1) is 0 Å². The summed E-state index contributed by atoms with van der Waals surface area (Å²) in [6.45, 7) is 5.25. The molecule has 0 fully saturated rings. The molecule has 0 amide bonds. The molecule has 1 heterocycles. The maximum absolute atomic E-state index is 4.32. The number of rotatable bonds is 5. The summed E-state index contributed by atoms with van der Waals surface area (Å²) in [6.07, 6.45) is 3.08. The first-order valence-electron chi connectivity index (χ1n) is 4.83. The fourth-order valence-electron chi connectivity index (χ4n) is 1.21. The SMILES string of the molecule is Cn1ccc(CNC(C)(C)CCBr)n1. The molecule has 3 nitrogen and oxygen atoms in total. The minimum atomic E-state index is 0.168. The molecule has 0 radical (unpaired) electrons. The van der Waals surface area contributed by atoms with Crippen LogP contribution in [0.25, 0.3) is 0 Å². The van der Waals surface area contributed by atoms with Gasteiger partial charge in [-0.05, 0) is 26.3 Å². The Morgan fingerprint density at radius 3 is 2.79 bits per heavy atom. The van der Waals surface area contributed by atoms with E-state index in [0.717, 1.165) is 24.0 Å². The standard InChI is InChI=1S/C10H18BrN3/c1-10(2,5-6-11)12-8-9-4-7-14(3)13-9/h4,7,12H,5-6,8H2,1-3H3. The molecule has 0 aromatic carbocycles. The molecule has 4 heteroatoms. The van der Waals surface area contributed by atoms with Gasteiger partial charge in [-0.25, -0.2) is 0 Å². The number of nitrogens with one attached hydrogen (secondary N) is 1. The first kappa shape index (κ1) is 11.7.